The van der Waals surface area contributed by atoms with Crippen molar-refractivity contribution in [2.75, 3.05) is 36.4 Å². The van der Waals surface area contributed by atoms with Crippen molar-refractivity contribution in [2.45, 2.75) is 13.3 Å². The average molecular weight is 492 g/mol. The first kappa shape index (κ1) is 22.1. The Labute approximate surface area is 197 Å². The summed E-state index contributed by atoms with van der Waals surface area (Å²) in [6, 6.07) is 23.3. The monoisotopic (exact) mass is 491 g/mol. The van der Waals surface area contributed by atoms with Crippen LogP contribution in [0.4, 0.5) is 11.4 Å². The number of halogens is 1. The third kappa shape index (κ3) is 5.56. The van der Waals surface area contributed by atoms with Gasteiger partial charge in [-0.2, -0.15) is 0 Å². The van der Waals surface area contributed by atoms with E-state index in [-0.39, 0.29) is 11.8 Å². The topological polar surface area (TPSA) is 52.7 Å². The summed E-state index contributed by atoms with van der Waals surface area (Å²) in [6.07, 6.45) is 0.452. The van der Waals surface area contributed by atoms with Crippen molar-refractivity contribution in [3.05, 3.63) is 94.0 Å². The Bertz CT molecular complexity index is 1110. The van der Waals surface area contributed by atoms with E-state index in [1.165, 1.54) is 5.56 Å². The lowest BCUT2D eigenvalue weighted by molar-refractivity contribution is -0.130. The van der Waals surface area contributed by atoms with Gasteiger partial charge in [-0.05, 0) is 55.0 Å². The molecule has 1 saturated heterocycles. The van der Waals surface area contributed by atoms with Gasteiger partial charge >= 0.3 is 0 Å². The summed E-state index contributed by atoms with van der Waals surface area (Å²) < 4.78 is 0.872. The number of carbonyl (C=O) groups excluding carboxylic acids is 2. The van der Waals surface area contributed by atoms with Crippen LogP contribution in [0.2, 0.25) is 0 Å². The summed E-state index contributed by atoms with van der Waals surface area (Å²) in [4.78, 5) is 29.3. The van der Waals surface area contributed by atoms with Crippen molar-refractivity contribution in [3.63, 3.8) is 0 Å². The summed E-state index contributed by atoms with van der Waals surface area (Å²) in [5.74, 6) is 0.0423. The predicted molar refractivity (Wildman–Crippen MR) is 132 cm³/mol. The maximum absolute atomic E-state index is 12.7. The zero-order valence-corrected chi connectivity index (χ0v) is 19.6. The normalized spacial score (nSPS) is 13.7. The second-order valence-electron chi connectivity index (χ2n) is 8.05. The number of nitrogens with zero attached hydrogens (tertiary/aromatic N) is 2. The highest BCUT2D eigenvalue weighted by Crippen LogP contribution is 2.21. The highest BCUT2D eigenvalue weighted by Gasteiger charge is 2.21. The molecule has 1 heterocycles. The number of amides is 2. The standard InChI is InChI=1S/C26H26BrN3O2/c1-19-4-2-5-20(16-19)17-25(31)30-14-12-29(13-15-30)24-10-8-23(9-11-24)28-26(32)21-6-3-7-22(27)18-21/h2-11,16,18H,12-15,17H2,1H3,(H,28,32). The van der Waals surface area contributed by atoms with Gasteiger partial charge in [0, 0.05) is 47.6 Å². The van der Waals surface area contributed by atoms with Crippen molar-refractivity contribution in [2.24, 2.45) is 0 Å². The number of hydrogen-bond donors (Lipinski definition) is 1. The number of anilines is 2. The Kier molecular flexibility index (Phi) is 6.90. The van der Waals surface area contributed by atoms with E-state index in [4.69, 9.17) is 0 Å². The molecule has 0 atom stereocenters. The average Bonchev–Trinajstić information content (AvgIpc) is 2.80. The Morgan fingerprint density at radius 2 is 1.62 bits per heavy atom. The van der Waals surface area contributed by atoms with Gasteiger partial charge < -0.3 is 15.1 Å². The molecule has 0 unspecified atom stereocenters. The number of rotatable bonds is 5. The molecule has 164 valence electrons. The third-order valence-electron chi connectivity index (χ3n) is 5.65. The lowest BCUT2D eigenvalue weighted by Crippen LogP contribution is -2.49. The Morgan fingerprint density at radius 3 is 2.31 bits per heavy atom. The molecule has 0 aliphatic carbocycles. The molecular formula is C26H26BrN3O2. The van der Waals surface area contributed by atoms with Crippen LogP contribution in [0.5, 0.6) is 0 Å². The van der Waals surface area contributed by atoms with E-state index in [1.807, 2.05) is 66.4 Å². The van der Waals surface area contributed by atoms with Gasteiger partial charge in [-0.1, -0.05) is 51.8 Å². The molecule has 0 aromatic heterocycles. The molecular weight excluding hydrogens is 466 g/mol. The van der Waals surface area contributed by atoms with Crippen molar-refractivity contribution in [1.82, 2.24) is 4.90 Å². The third-order valence-corrected chi connectivity index (χ3v) is 6.14. The van der Waals surface area contributed by atoms with Crippen LogP contribution >= 0.6 is 15.9 Å². The second-order valence-corrected chi connectivity index (χ2v) is 8.96. The van der Waals surface area contributed by atoms with E-state index < -0.39 is 0 Å². The van der Waals surface area contributed by atoms with Gasteiger partial charge in [-0.3, -0.25) is 9.59 Å². The fourth-order valence-electron chi connectivity index (χ4n) is 3.91. The minimum atomic E-state index is -0.139. The van der Waals surface area contributed by atoms with Gasteiger partial charge in [-0.15, -0.1) is 0 Å². The Morgan fingerprint density at radius 1 is 0.906 bits per heavy atom. The number of nitrogens with one attached hydrogen (secondary N) is 1. The number of piperazine rings is 1. The van der Waals surface area contributed by atoms with Crippen LogP contribution in [-0.4, -0.2) is 42.9 Å². The molecule has 32 heavy (non-hydrogen) atoms. The molecule has 0 bridgehead atoms. The predicted octanol–water partition coefficient (Wildman–Crippen LogP) is 4.90. The maximum Gasteiger partial charge on any atom is 0.255 e. The van der Waals surface area contributed by atoms with E-state index >= 15 is 0 Å². The van der Waals surface area contributed by atoms with Crippen molar-refractivity contribution >= 4 is 39.1 Å². The molecule has 5 nitrogen and oxygen atoms in total. The van der Waals surface area contributed by atoms with E-state index in [0.29, 0.717) is 25.1 Å². The Balaban J connectivity index is 1.30. The van der Waals surface area contributed by atoms with Crippen molar-refractivity contribution < 1.29 is 9.59 Å². The highest BCUT2D eigenvalue weighted by molar-refractivity contribution is 9.10. The van der Waals surface area contributed by atoms with E-state index in [2.05, 4.69) is 32.2 Å². The molecule has 3 aromatic carbocycles. The maximum atomic E-state index is 12.7. The van der Waals surface area contributed by atoms with Crippen LogP contribution in [0, 0.1) is 6.92 Å². The number of carbonyl (C=O) groups is 2. The fourth-order valence-corrected chi connectivity index (χ4v) is 4.31. The van der Waals surface area contributed by atoms with Crippen LogP contribution in [0.15, 0.2) is 77.3 Å². The fraction of sp³-hybridized carbons (Fsp3) is 0.231. The molecule has 6 heteroatoms. The quantitative estimate of drug-likeness (QED) is 0.551. The van der Waals surface area contributed by atoms with Gasteiger partial charge in [0.1, 0.15) is 0 Å². The van der Waals surface area contributed by atoms with E-state index in [1.54, 1.807) is 12.1 Å². The lowest BCUT2D eigenvalue weighted by atomic mass is 10.1. The molecule has 1 N–H and O–H groups in total. The molecule has 4 rings (SSSR count). The summed E-state index contributed by atoms with van der Waals surface area (Å²) in [5, 5.41) is 2.93. The second kappa shape index (κ2) is 10.0. The molecule has 0 saturated carbocycles. The van der Waals surface area contributed by atoms with Gasteiger partial charge in [0.25, 0.3) is 5.91 Å². The number of aryl methyl sites for hydroxylation is 1. The van der Waals surface area contributed by atoms with Crippen LogP contribution in [0.3, 0.4) is 0 Å². The molecule has 1 aliphatic heterocycles. The van der Waals surface area contributed by atoms with Crippen LogP contribution in [-0.2, 0) is 11.2 Å². The molecule has 0 radical (unpaired) electrons. The first-order valence-electron chi connectivity index (χ1n) is 10.7. The van der Waals surface area contributed by atoms with Crippen molar-refractivity contribution in [3.8, 4) is 0 Å². The molecule has 2 amide bonds. The van der Waals surface area contributed by atoms with Crippen LogP contribution < -0.4 is 10.2 Å². The highest BCUT2D eigenvalue weighted by atomic mass is 79.9. The van der Waals surface area contributed by atoms with Gasteiger partial charge in [0.05, 0.1) is 6.42 Å². The summed E-state index contributed by atoms with van der Waals surface area (Å²) >= 11 is 3.39. The first-order valence-corrected chi connectivity index (χ1v) is 11.5. The summed E-state index contributed by atoms with van der Waals surface area (Å²) in [7, 11) is 0. The number of benzene rings is 3. The zero-order chi connectivity index (χ0) is 22.5. The minimum absolute atomic E-state index is 0.139. The van der Waals surface area contributed by atoms with Crippen LogP contribution in [0.25, 0.3) is 0 Å². The molecule has 1 fully saturated rings. The minimum Gasteiger partial charge on any atom is -0.368 e. The molecule has 1 aliphatic rings. The molecule has 3 aromatic rings. The lowest BCUT2D eigenvalue weighted by Gasteiger charge is -2.36. The van der Waals surface area contributed by atoms with Crippen molar-refractivity contribution in [1.29, 1.82) is 0 Å². The van der Waals surface area contributed by atoms with Gasteiger partial charge in [0.15, 0.2) is 0 Å². The van der Waals surface area contributed by atoms with Crippen LogP contribution in [0.1, 0.15) is 21.5 Å². The molecule has 0 spiro atoms. The first-order chi connectivity index (χ1) is 15.5. The van der Waals surface area contributed by atoms with Gasteiger partial charge in [0.2, 0.25) is 5.91 Å². The van der Waals surface area contributed by atoms with E-state index in [9.17, 15) is 9.59 Å². The SMILES string of the molecule is Cc1cccc(CC(=O)N2CCN(c3ccc(NC(=O)c4cccc(Br)c4)cc3)CC2)c1. The summed E-state index contributed by atoms with van der Waals surface area (Å²) in [6.45, 7) is 5.06. The Hall–Kier alpha value is -3.12. The van der Waals surface area contributed by atoms with E-state index in [0.717, 1.165) is 34.5 Å². The zero-order valence-electron chi connectivity index (χ0n) is 18.1. The summed E-state index contributed by atoms with van der Waals surface area (Å²) in [5.41, 5.74) is 4.70. The van der Waals surface area contributed by atoms with Gasteiger partial charge in [-0.25, -0.2) is 0 Å². The largest absolute Gasteiger partial charge is 0.368 e. The smallest absolute Gasteiger partial charge is 0.255 e. The number of hydrogen-bond acceptors (Lipinski definition) is 3.